The van der Waals surface area contributed by atoms with E-state index in [4.69, 9.17) is 9.47 Å². The minimum absolute atomic E-state index is 0.125. The molecule has 106 valence electrons. The normalized spacial score (nSPS) is 16.6. The van der Waals surface area contributed by atoms with Crippen LogP contribution in [0.3, 0.4) is 0 Å². The second kappa shape index (κ2) is 5.93. The van der Waals surface area contributed by atoms with Crippen molar-refractivity contribution >= 4 is 0 Å². The second-order valence-electron chi connectivity index (χ2n) is 5.55. The number of hydrogen-bond acceptors (Lipinski definition) is 3. The van der Waals surface area contributed by atoms with Crippen LogP contribution < -0.4 is 10.1 Å². The molecule has 19 heavy (non-hydrogen) atoms. The summed E-state index contributed by atoms with van der Waals surface area (Å²) in [6, 6.07) is 6.56. The van der Waals surface area contributed by atoms with Gasteiger partial charge in [0, 0.05) is 12.2 Å². The second-order valence-corrected chi connectivity index (χ2v) is 5.55. The first-order valence-electron chi connectivity index (χ1n) is 7.16. The monoisotopic (exact) mass is 263 g/mol. The van der Waals surface area contributed by atoms with E-state index in [0.717, 1.165) is 25.2 Å². The maximum Gasteiger partial charge on any atom is 0.127 e. The van der Waals surface area contributed by atoms with E-state index < -0.39 is 0 Å². The topological polar surface area (TPSA) is 30.5 Å². The molecule has 0 spiro atoms. The Kier molecular flexibility index (Phi) is 4.48. The van der Waals surface area contributed by atoms with Crippen molar-refractivity contribution in [1.29, 1.82) is 0 Å². The van der Waals surface area contributed by atoms with E-state index in [0.29, 0.717) is 6.61 Å². The summed E-state index contributed by atoms with van der Waals surface area (Å²) >= 11 is 0. The van der Waals surface area contributed by atoms with Gasteiger partial charge in [-0.2, -0.15) is 0 Å². The highest BCUT2D eigenvalue weighted by atomic mass is 16.5. The van der Waals surface area contributed by atoms with Gasteiger partial charge in [0.1, 0.15) is 5.75 Å². The first kappa shape index (κ1) is 14.4. The van der Waals surface area contributed by atoms with Crippen LogP contribution in [0.15, 0.2) is 18.2 Å². The number of rotatable bonds is 5. The lowest BCUT2D eigenvalue weighted by Gasteiger charge is -2.36. The highest BCUT2D eigenvalue weighted by molar-refractivity contribution is 5.45. The summed E-state index contributed by atoms with van der Waals surface area (Å²) < 4.78 is 11.8. The summed E-state index contributed by atoms with van der Waals surface area (Å²) in [6.07, 6.45) is 2.21. The fraction of sp³-hybridized carbons (Fsp3) is 0.625. The molecule has 1 aromatic carbocycles. The number of aryl methyl sites for hydroxylation is 1. The molecule has 0 amide bonds. The Hall–Kier alpha value is -1.06. The van der Waals surface area contributed by atoms with Gasteiger partial charge in [-0.3, -0.25) is 0 Å². The van der Waals surface area contributed by atoms with Crippen LogP contribution in [0.4, 0.5) is 0 Å². The van der Waals surface area contributed by atoms with Gasteiger partial charge in [0.2, 0.25) is 0 Å². The van der Waals surface area contributed by atoms with Crippen molar-refractivity contribution in [3.8, 4) is 5.75 Å². The molecule has 0 radical (unpaired) electrons. The fourth-order valence-corrected chi connectivity index (χ4v) is 2.97. The van der Waals surface area contributed by atoms with Gasteiger partial charge in [0.25, 0.3) is 0 Å². The van der Waals surface area contributed by atoms with Crippen molar-refractivity contribution in [3.63, 3.8) is 0 Å². The molecule has 0 aliphatic carbocycles. The summed E-state index contributed by atoms with van der Waals surface area (Å²) in [5.74, 6) is 1.06. The third kappa shape index (κ3) is 2.93. The predicted molar refractivity (Wildman–Crippen MR) is 77.8 cm³/mol. The van der Waals surface area contributed by atoms with Gasteiger partial charge in [0.15, 0.2) is 0 Å². The third-order valence-electron chi connectivity index (χ3n) is 3.78. The molecular weight excluding hydrogens is 238 g/mol. The standard InChI is InChI=1S/C16H25NO2/c1-5-19-16(2,3)15(17-4)13-10-6-8-12-9-7-11-18-14(12)13/h6,8,10,15,17H,5,7,9,11H2,1-4H3. The molecule has 1 unspecified atom stereocenters. The number of para-hydroxylation sites is 1. The van der Waals surface area contributed by atoms with Gasteiger partial charge >= 0.3 is 0 Å². The quantitative estimate of drug-likeness (QED) is 0.885. The minimum atomic E-state index is -0.264. The van der Waals surface area contributed by atoms with Crippen LogP contribution in [0.1, 0.15) is 44.4 Å². The summed E-state index contributed by atoms with van der Waals surface area (Å²) in [4.78, 5) is 0. The van der Waals surface area contributed by atoms with Crippen LogP contribution in [0.25, 0.3) is 0 Å². The van der Waals surface area contributed by atoms with Crippen LogP contribution in [0.5, 0.6) is 5.75 Å². The Balaban J connectivity index is 2.38. The number of nitrogens with one attached hydrogen (secondary N) is 1. The smallest absolute Gasteiger partial charge is 0.127 e. The van der Waals surface area contributed by atoms with Crippen molar-refractivity contribution in [1.82, 2.24) is 5.32 Å². The number of ether oxygens (including phenoxy) is 2. The molecule has 1 aliphatic rings. The highest BCUT2D eigenvalue weighted by Gasteiger charge is 2.33. The van der Waals surface area contributed by atoms with Gasteiger partial charge < -0.3 is 14.8 Å². The summed E-state index contributed by atoms with van der Waals surface area (Å²) in [6.45, 7) is 7.81. The van der Waals surface area contributed by atoms with Crippen LogP contribution in [0, 0.1) is 0 Å². The van der Waals surface area contributed by atoms with E-state index in [2.05, 4.69) is 37.4 Å². The molecule has 0 aromatic heterocycles. The molecule has 1 aliphatic heterocycles. The first-order chi connectivity index (χ1) is 9.10. The lowest BCUT2D eigenvalue weighted by Crippen LogP contribution is -2.40. The molecule has 3 heteroatoms. The third-order valence-corrected chi connectivity index (χ3v) is 3.78. The number of benzene rings is 1. The Morgan fingerprint density at radius 3 is 2.89 bits per heavy atom. The van der Waals surface area contributed by atoms with Crippen LogP contribution in [-0.2, 0) is 11.2 Å². The SMILES string of the molecule is CCOC(C)(C)C(NC)c1cccc2c1OCCC2. The average Bonchev–Trinajstić information content (AvgIpc) is 2.39. The maximum atomic E-state index is 5.92. The lowest BCUT2D eigenvalue weighted by atomic mass is 9.88. The number of likely N-dealkylation sites (N-methyl/N-ethyl adjacent to an activating group) is 1. The number of fused-ring (bicyclic) bond motifs is 1. The van der Waals surface area contributed by atoms with Crippen LogP contribution in [-0.4, -0.2) is 25.9 Å². The van der Waals surface area contributed by atoms with Crippen molar-refractivity contribution in [2.45, 2.75) is 45.3 Å². The van der Waals surface area contributed by atoms with Crippen molar-refractivity contribution < 1.29 is 9.47 Å². The predicted octanol–water partition coefficient (Wildman–Crippen LogP) is 3.09. The van der Waals surface area contributed by atoms with Crippen LogP contribution >= 0.6 is 0 Å². The van der Waals surface area contributed by atoms with E-state index in [1.165, 1.54) is 11.1 Å². The van der Waals surface area contributed by atoms with E-state index in [1.54, 1.807) is 0 Å². The molecule has 0 saturated carbocycles. The zero-order valence-electron chi connectivity index (χ0n) is 12.5. The number of hydrogen-bond donors (Lipinski definition) is 1. The fourth-order valence-electron chi connectivity index (χ4n) is 2.97. The first-order valence-corrected chi connectivity index (χ1v) is 7.16. The van der Waals surface area contributed by atoms with Crippen molar-refractivity contribution in [2.75, 3.05) is 20.3 Å². The molecule has 1 N–H and O–H groups in total. The zero-order chi connectivity index (χ0) is 13.9. The zero-order valence-corrected chi connectivity index (χ0v) is 12.5. The minimum Gasteiger partial charge on any atom is -0.493 e. The molecule has 1 heterocycles. The van der Waals surface area contributed by atoms with Gasteiger partial charge in [0.05, 0.1) is 18.2 Å². The highest BCUT2D eigenvalue weighted by Crippen LogP contribution is 2.38. The van der Waals surface area contributed by atoms with E-state index in [9.17, 15) is 0 Å². The Labute approximate surface area is 116 Å². The summed E-state index contributed by atoms with van der Waals surface area (Å²) in [5, 5.41) is 3.39. The average molecular weight is 263 g/mol. The summed E-state index contributed by atoms with van der Waals surface area (Å²) in [5.41, 5.74) is 2.26. The molecule has 3 nitrogen and oxygen atoms in total. The van der Waals surface area contributed by atoms with Gasteiger partial charge in [-0.25, -0.2) is 0 Å². The van der Waals surface area contributed by atoms with Crippen LogP contribution in [0.2, 0.25) is 0 Å². The van der Waals surface area contributed by atoms with E-state index >= 15 is 0 Å². The van der Waals surface area contributed by atoms with Gasteiger partial charge in [-0.05, 0) is 46.2 Å². The Morgan fingerprint density at radius 2 is 2.21 bits per heavy atom. The summed E-state index contributed by atoms with van der Waals surface area (Å²) in [7, 11) is 1.98. The van der Waals surface area contributed by atoms with Crippen molar-refractivity contribution in [2.24, 2.45) is 0 Å². The molecule has 1 aromatic rings. The Bertz CT molecular complexity index is 429. The molecule has 0 bridgehead atoms. The molecule has 2 rings (SSSR count). The van der Waals surface area contributed by atoms with Gasteiger partial charge in [-0.15, -0.1) is 0 Å². The Morgan fingerprint density at radius 1 is 1.42 bits per heavy atom. The maximum absolute atomic E-state index is 5.92. The molecule has 1 atom stereocenters. The molecular formula is C16H25NO2. The van der Waals surface area contributed by atoms with E-state index in [-0.39, 0.29) is 11.6 Å². The van der Waals surface area contributed by atoms with Gasteiger partial charge in [-0.1, -0.05) is 18.2 Å². The lowest BCUT2D eigenvalue weighted by molar-refractivity contribution is -0.0381. The molecule has 0 fully saturated rings. The van der Waals surface area contributed by atoms with Crippen molar-refractivity contribution in [3.05, 3.63) is 29.3 Å². The molecule has 0 saturated heterocycles. The largest absolute Gasteiger partial charge is 0.493 e. The van der Waals surface area contributed by atoms with E-state index in [1.807, 2.05) is 14.0 Å².